The Hall–Kier alpha value is -3.08. The van der Waals surface area contributed by atoms with E-state index in [1.807, 2.05) is 30.5 Å². The lowest BCUT2D eigenvalue weighted by Crippen LogP contribution is -2.20. The van der Waals surface area contributed by atoms with Crippen LogP contribution in [0, 0.1) is 0 Å². The van der Waals surface area contributed by atoms with Crippen molar-refractivity contribution < 1.29 is 14.3 Å². The van der Waals surface area contributed by atoms with Crippen molar-refractivity contribution in [2.45, 2.75) is 6.92 Å². The van der Waals surface area contributed by atoms with E-state index in [-0.39, 0.29) is 18.3 Å². The van der Waals surface area contributed by atoms with Gasteiger partial charge in [-0.3, -0.25) is 9.59 Å². The number of aromatic amines is 1. The molecule has 0 radical (unpaired) electrons. The van der Waals surface area contributed by atoms with Gasteiger partial charge in [0.25, 0.3) is 5.91 Å². The summed E-state index contributed by atoms with van der Waals surface area (Å²) in [5.41, 5.74) is 2.28. The highest BCUT2D eigenvalue weighted by molar-refractivity contribution is 5.95. The molecule has 1 aromatic heterocycles. The zero-order valence-corrected chi connectivity index (χ0v) is 12.6. The average Bonchev–Trinajstić information content (AvgIpc) is 3.01. The molecule has 116 valence electrons. The smallest absolute Gasteiger partial charge is 0.262 e. The number of anilines is 1. The second-order valence-electron chi connectivity index (χ2n) is 5.20. The molecule has 0 fully saturated rings. The molecule has 0 spiro atoms. The van der Waals surface area contributed by atoms with Crippen LogP contribution in [0.5, 0.6) is 5.75 Å². The number of hydrogen-bond donors (Lipinski definition) is 2. The molecular formula is C18H16N2O3. The van der Waals surface area contributed by atoms with Crippen molar-refractivity contribution in [3.63, 3.8) is 0 Å². The third-order valence-electron chi connectivity index (χ3n) is 3.45. The summed E-state index contributed by atoms with van der Waals surface area (Å²) in [6, 6.07) is 14.3. The normalized spacial score (nSPS) is 10.5. The first-order chi connectivity index (χ1) is 11.1. The predicted molar refractivity (Wildman–Crippen MR) is 88.9 cm³/mol. The molecule has 5 heteroatoms. The highest BCUT2D eigenvalue weighted by Crippen LogP contribution is 2.18. The van der Waals surface area contributed by atoms with E-state index in [1.165, 1.54) is 6.92 Å². The molecule has 0 saturated heterocycles. The lowest BCUT2D eigenvalue weighted by atomic mass is 10.1. The van der Waals surface area contributed by atoms with E-state index < -0.39 is 0 Å². The van der Waals surface area contributed by atoms with Crippen molar-refractivity contribution in [2.24, 2.45) is 0 Å². The number of ketones is 1. The van der Waals surface area contributed by atoms with Crippen LogP contribution in [0.4, 0.5) is 5.69 Å². The fraction of sp³-hybridized carbons (Fsp3) is 0.111. The Morgan fingerprint density at radius 1 is 1.13 bits per heavy atom. The van der Waals surface area contributed by atoms with Gasteiger partial charge in [-0.2, -0.15) is 0 Å². The number of benzene rings is 2. The van der Waals surface area contributed by atoms with Gasteiger partial charge in [-0.05, 0) is 43.3 Å². The first-order valence-electron chi connectivity index (χ1n) is 7.22. The second kappa shape index (κ2) is 6.36. The fourth-order valence-electron chi connectivity index (χ4n) is 2.28. The Kier molecular flexibility index (Phi) is 4.10. The maximum absolute atomic E-state index is 12.0. The number of carbonyl (C=O) groups excluding carboxylic acids is 2. The molecule has 0 bridgehead atoms. The van der Waals surface area contributed by atoms with Gasteiger partial charge in [0.1, 0.15) is 5.75 Å². The van der Waals surface area contributed by atoms with Crippen LogP contribution >= 0.6 is 0 Å². The minimum Gasteiger partial charge on any atom is -0.484 e. The predicted octanol–water partition coefficient (Wildman–Crippen LogP) is 3.39. The van der Waals surface area contributed by atoms with Gasteiger partial charge in [0.05, 0.1) is 0 Å². The topological polar surface area (TPSA) is 71.2 Å². The quantitative estimate of drug-likeness (QED) is 0.710. The van der Waals surface area contributed by atoms with E-state index in [1.54, 1.807) is 24.3 Å². The summed E-state index contributed by atoms with van der Waals surface area (Å²) >= 11 is 0. The molecule has 2 aromatic carbocycles. The van der Waals surface area contributed by atoms with Crippen LogP contribution < -0.4 is 10.1 Å². The zero-order valence-electron chi connectivity index (χ0n) is 12.6. The van der Waals surface area contributed by atoms with Gasteiger partial charge in [0.2, 0.25) is 0 Å². The number of fused-ring (bicyclic) bond motifs is 1. The Morgan fingerprint density at radius 2 is 2.00 bits per heavy atom. The number of carbonyl (C=O) groups is 2. The minimum atomic E-state index is -0.256. The Morgan fingerprint density at radius 3 is 2.83 bits per heavy atom. The van der Waals surface area contributed by atoms with E-state index in [9.17, 15) is 9.59 Å². The molecular weight excluding hydrogens is 292 g/mol. The van der Waals surface area contributed by atoms with E-state index in [0.717, 1.165) is 10.9 Å². The van der Waals surface area contributed by atoms with E-state index in [4.69, 9.17) is 4.74 Å². The molecule has 0 atom stereocenters. The molecule has 0 aliphatic heterocycles. The van der Waals surface area contributed by atoms with Crippen molar-refractivity contribution in [3.8, 4) is 5.75 Å². The fourth-order valence-corrected chi connectivity index (χ4v) is 2.28. The number of rotatable bonds is 5. The van der Waals surface area contributed by atoms with Crippen LogP contribution in [0.15, 0.2) is 54.7 Å². The van der Waals surface area contributed by atoms with Gasteiger partial charge in [0.15, 0.2) is 12.4 Å². The monoisotopic (exact) mass is 308 g/mol. The van der Waals surface area contributed by atoms with Gasteiger partial charge in [0, 0.05) is 28.4 Å². The van der Waals surface area contributed by atoms with Crippen molar-refractivity contribution in [2.75, 3.05) is 11.9 Å². The molecule has 2 N–H and O–H groups in total. The molecule has 0 aliphatic rings. The van der Waals surface area contributed by atoms with Crippen LogP contribution in [0.25, 0.3) is 10.9 Å². The molecule has 3 aromatic rings. The van der Waals surface area contributed by atoms with Gasteiger partial charge in [-0.1, -0.05) is 12.1 Å². The van der Waals surface area contributed by atoms with E-state index in [0.29, 0.717) is 17.0 Å². The van der Waals surface area contributed by atoms with Crippen LogP contribution in [0.1, 0.15) is 17.3 Å². The number of ether oxygens (including phenoxy) is 1. The van der Waals surface area contributed by atoms with E-state index in [2.05, 4.69) is 10.3 Å². The summed E-state index contributed by atoms with van der Waals surface area (Å²) in [4.78, 5) is 26.4. The molecule has 1 heterocycles. The molecule has 1 amide bonds. The number of amides is 1. The first-order valence-corrected chi connectivity index (χ1v) is 7.22. The van der Waals surface area contributed by atoms with Gasteiger partial charge < -0.3 is 15.0 Å². The second-order valence-corrected chi connectivity index (χ2v) is 5.20. The Bertz CT molecular complexity index is 867. The van der Waals surface area contributed by atoms with Gasteiger partial charge in [-0.15, -0.1) is 0 Å². The zero-order chi connectivity index (χ0) is 16.2. The van der Waals surface area contributed by atoms with Crippen LogP contribution in [0.3, 0.4) is 0 Å². The molecule has 0 saturated carbocycles. The number of aromatic nitrogens is 1. The summed E-state index contributed by atoms with van der Waals surface area (Å²) in [7, 11) is 0. The first kappa shape index (κ1) is 14.8. The minimum absolute atomic E-state index is 0.0419. The number of nitrogens with one attached hydrogen (secondary N) is 2. The molecule has 3 rings (SSSR count). The summed E-state index contributed by atoms with van der Waals surface area (Å²) < 4.78 is 5.43. The average molecular weight is 308 g/mol. The Labute approximate surface area is 133 Å². The van der Waals surface area contributed by atoms with Gasteiger partial charge >= 0.3 is 0 Å². The molecule has 23 heavy (non-hydrogen) atoms. The van der Waals surface area contributed by atoms with Crippen LogP contribution in [0.2, 0.25) is 0 Å². The van der Waals surface area contributed by atoms with E-state index >= 15 is 0 Å². The maximum Gasteiger partial charge on any atom is 0.262 e. The van der Waals surface area contributed by atoms with Crippen LogP contribution in [-0.2, 0) is 4.79 Å². The summed E-state index contributed by atoms with van der Waals surface area (Å²) in [5.74, 6) is 0.196. The molecule has 0 unspecified atom stereocenters. The number of H-pyrrole nitrogens is 1. The number of hydrogen-bond acceptors (Lipinski definition) is 3. The van der Waals surface area contributed by atoms with Gasteiger partial charge in [-0.25, -0.2) is 0 Å². The SMILES string of the molecule is CC(=O)c1cccc(OCC(=O)Nc2ccc3[nH]ccc3c2)c1. The number of Topliss-reactive ketones (excluding diaryl/α,β-unsaturated/α-hetero) is 1. The third kappa shape index (κ3) is 3.58. The lowest BCUT2D eigenvalue weighted by Gasteiger charge is -2.08. The standard InChI is InChI=1S/C18H16N2O3/c1-12(21)13-3-2-4-16(10-13)23-11-18(22)20-15-5-6-17-14(9-15)7-8-19-17/h2-10,19H,11H2,1H3,(H,20,22). The van der Waals surface area contributed by atoms with Crippen LogP contribution in [-0.4, -0.2) is 23.3 Å². The largest absolute Gasteiger partial charge is 0.484 e. The van der Waals surface area contributed by atoms with Crippen molar-refractivity contribution in [3.05, 3.63) is 60.3 Å². The highest BCUT2D eigenvalue weighted by atomic mass is 16.5. The highest BCUT2D eigenvalue weighted by Gasteiger charge is 2.06. The lowest BCUT2D eigenvalue weighted by molar-refractivity contribution is -0.118. The molecule has 0 aliphatic carbocycles. The maximum atomic E-state index is 12.0. The summed E-state index contributed by atoms with van der Waals surface area (Å²) in [6.07, 6.45) is 1.85. The van der Waals surface area contributed by atoms with Crippen molar-refractivity contribution >= 4 is 28.3 Å². The molecule has 5 nitrogen and oxygen atoms in total. The van der Waals surface area contributed by atoms with Crippen molar-refractivity contribution in [1.82, 2.24) is 4.98 Å². The Balaban J connectivity index is 1.61. The summed E-state index contributed by atoms with van der Waals surface area (Å²) in [6.45, 7) is 1.37. The van der Waals surface area contributed by atoms with Crippen molar-refractivity contribution in [1.29, 1.82) is 0 Å². The third-order valence-corrected chi connectivity index (χ3v) is 3.45. The summed E-state index contributed by atoms with van der Waals surface area (Å²) in [5, 5.41) is 3.81.